The smallest absolute Gasteiger partial charge is 0.403 e. The minimum absolute atomic E-state index is 0.0659. The Hall–Kier alpha value is -3.16. The number of hydrogen-bond donors (Lipinski definition) is 0. The molecule has 4 rings (SSSR count). The lowest BCUT2D eigenvalue weighted by Crippen LogP contribution is -2.49. The minimum Gasteiger partial charge on any atom is -0.403 e. The van der Waals surface area contributed by atoms with E-state index in [2.05, 4.69) is 0 Å². The van der Waals surface area contributed by atoms with E-state index in [9.17, 15) is 26.3 Å². The van der Waals surface area contributed by atoms with E-state index in [-0.39, 0.29) is 11.5 Å². The zero-order valence-electron chi connectivity index (χ0n) is 16.1. The van der Waals surface area contributed by atoms with E-state index in [4.69, 9.17) is 0 Å². The number of rotatable bonds is 3. The highest BCUT2D eigenvalue weighted by atomic mass is 19.4. The predicted molar refractivity (Wildman–Crippen MR) is 110 cm³/mol. The van der Waals surface area contributed by atoms with Gasteiger partial charge in [0.2, 0.25) is 0 Å². The largest absolute Gasteiger partial charge is 0.416 e. The van der Waals surface area contributed by atoms with Crippen molar-refractivity contribution in [3.8, 4) is 0 Å². The molecule has 0 atom stereocenters. The molecule has 158 valence electrons. The monoisotopic (exact) mass is 431 g/mol. The summed E-state index contributed by atoms with van der Waals surface area (Å²) in [5, 5.41) is 0. The number of alkyl halides is 6. The molecule has 1 heterocycles. The van der Waals surface area contributed by atoms with Gasteiger partial charge in [-0.2, -0.15) is 26.3 Å². The Morgan fingerprint density at radius 3 is 1.90 bits per heavy atom. The van der Waals surface area contributed by atoms with E-state index in [1.807, 2.05) is 53.3 Å². The maximum Gasteiger partial charge on any atom is 0.416 e. The van der Waals surface area contributed by atoms with Gasteiger partial charge >= 0.3 is 19.2 Å². The number of hydrogen-bond acceptors (Lipinski definition) is 1. The molecule has 0 unspecified atom stereocenters. The van der Waals surface area contributed by atoms with Crippen molar-refractivity contribution in [2.75, 3.05) is 4.81 Å². The summed E-state index contributed by atoms with van der Waals surface area (Å²) in [5.41, 5.74) is -0.222. The number of anilines is 1. The van der Waals surface area contributed by atoms with Crippen LogP contribution in [0.25, 0.3) is 6.08 Å². The first-order valence-corrected chi connectivity index (χ1v) is 9.50. The minimum atomic E-state index is -4.89. The zero-order chi connectivity index (χ0) is 22.2. The van der Waals surface area contributed by atoms with Gasteiger partial charge in [-0.15, -0.1) is 0 Å². The van der Waals surface area contributed by atoms with E-state index < -0.39 is 30.3 Å². The Kier molecular flexibility index (Phi) is 5.33. The molecule has 0 amide bonds. The van der Waals surface area contributed by atoms with Crippen molar-refractivity contribution in [2.24, 2.45) is 0 Å². The van der Waals surface area contributed by atoms with Gasteiger partial charge in [-0.05, 0) is 23.3 Å². The fraction of sp³-hybridized carbons (Fsp3) is 0.130. The van der Waals surface area contributed by atoms with Crippen LogP contribution >= 0.6 is 0 Å². The second kappa shape index (κ2) is 7.83. The maximum atomic E-state index is 13.4. The highest BCUT2D eigenvalue weighted by molar-refractivity contribution is 6.82. The lowest BCUT2D eigenvalue weighted by atomic mass is 9.52. The van der Waals surface area contributed by atoms with Gasteiger partial charge in [0.05, 0.1) is 11.1 Å². The maximum absolute atomic E-state index is 13.4. The summed E-state index contributed by atoms with van der Waals surface area (Å²) in [6, 6.07) is 18.3. The molecule has 0 saturated carbocycles. The van der Waals surface area contributed by atoms with Crippen LogP contribution in [0.2, 0.25) is 0 Å². The van der Waals surface area contributed by atoms with E-state index in [1.54, 1.807) is 18.1 Å². The topological polar surface area (TPSA) is 3.24 Å². The first kappa shape index (κ1) is 21.1. The van der Waals surface area contributed by atoms with Gasteiger partial charge in [0, 0.05) is 12.2 Å². The lowest BCUT2D eigenvalue weighted by molar-refractivity contribution is -0.142. The number of nitrogens with zero attached hydrogens (tertiary/aromatic N) is 1. The lowest BCUT2D eigenvalue weighted by Gasteiger charge is -2.35. The van der Waals surface area contributed by atoms with Crippen LogP contribution in [-0.2, 0) is 18.9 Å². The summed E-state index contributed by atoms with van der Waals surface area (Å²) in [5.74, 6) is 1.64. The summed E-state index contributed by atoms with van der Waals surface area (Å²) in [7, 11) is 0. The molecule has 1 aliphatic rings. The van der Waals surface area contributed by atoms with Gasteiger partial charge < -0.3 is 4.81 Å². The van der Waals surface area contributed by atoms with Crippen molar-refractivity contribution in [2.45, 2.75) is 18.9 Å². The molecule has 0 spiro atoms. The van der Waals surface area contributed by atoms with Crippen LogP contribution in [0, 0.1) is 0 Å². The van der Waals surface area contributed by atoms with Crippen LogP contribution in [0.1, 0.15) is 22.3 Å². The molecule has 0 bridgehead atoms. The van der Waals surface area contributed by atoms with Gasteiger partial charge in [-0.3, -0.25) is 0 Å². The van der Waals surface area contributed by atoms with E-state index in [0.29, 0.717) is 6.54 Å². The van der Waals surface area contributed by atoms with Crippen LogP contribution < -0.4 is 10.3 Å². The number of benzene rings is 3. The Balaban J connectivity index is 1.85. The Labute approximate surface area is 175 Å². The van der Waals surface area contributed by atoms with Crippen molar-refractivity contribution in [1.82, 2.24) is 0 Å². The molecule has 31 heavy (non-hydrogen) atoms. The van der Waals surface area contributed by atoms with Gasteiger partial charge in [-0.25, -0.2) is 0 Å². The van der Waals surface area contributed by atoms with E-state index in [0.717, 1.165) is 28.9 Å². The predicted octanol–water partition coefficient (Wildman–Crippen LogP) is 6.20. The molecule has 0 aliphatic carbocycles. The SMILES string of the molecule is FC(F)(F)c1cc(B2C=Cc3ccccc3N2Cc2ccccc2)cc(C(F)(F)F)c1. The van der Waals surface area contributed by atoms with Crippen LogP contribution in [0.3, 0.4) is 0 Å². The average molecular weight is 431 g/mol. The second-order valence-electron chi connectivity index (χ2n) is 7.32. The third-order valence-corrected chi connectivity index (χ3v) is 5.19. The van der Waals surface area contributed by atoms with Crippen LogP contribution in [0.15, 0.2) is 78.8 Å². The van der Waals surface area contributed by atoms with Crippen molar-refractivity contribution in [1.29, 1.82) is 0 Å². The van der Waals surface area contributed by atoms with E-state index in [1.165, 1.54) is 0 Å². The van der Waals surface area contributed by atoms with Crippen LogP contribution in [0.5, 0.6) is 0 Å². The highest BCUT2D eigenvalue weighted by Crippen LogP contribution is 2.36. The molecule has 0 aromatic heterocycles. The molecule has 8 heteroatoms. The fourth-order valence-corrected chi connectivity index (χ4v) is 3.74. The summed E-state index contributed by atoms with van der Waals surface area (Å²) in [6.07, 6.45) is -8.05. The normalized spacial score (nSPS) is 14.0. The molecule has 0 fully saturated rings. The van der Waals surface area contributed by atoms with Crippen molar-refractivity contribution >= 4 is 24.1 Å². The molecule has 0 saturated heterocycles. The van der Waals surface area contributed by atoms with Gasteiger partial charge in [0.25, 0.3) is 0 Å². The third-order valence-electron chi connectivity index (χ3n) is 5.19. The fourth-order valence-electron chi connectivity index (χ4n) is 3.74. The molecule has 3 aromatic rings. The van der Waals surface area contributed by atoms with Crippen LogP contribution in [0.4, 0.5) is 32.0 Å². The molecule has 1 nitrogen and oxygen atoms in total. The summed E-state index contributed by atoms with van der Waals surface area (Å²) in [6.45, 7) is -0.469. The first-order valence-electron chi connectivity index (χ1n) is 9.50. The number of halogens is 6. The molecule has 0 N–H and O–H groups in total. The summed E-state index contributed by atoms with van der Waals surface area (Å²) in [4.78, 5) is 1.82. The molecule has 0 radical (unpaired) electrons. The van der Waals surface area contributed by atoms with Crippen molar-refractivity contribution in [3.05, 3.63) is 101 Å². The zero-order valence-corrected chi connectivity index (χ0v) is 16.1. The Morgan fingerprint density at radius 2 is 1.29 bits per heavy atom. The summed E-state index contributed by atoms with van der Waals surface area (Å²) >= 11 is 0. The van der Waals surface area contributed by atoms with Gasteiger partial charge in [-0.1, -0.05) is 78.2 Å². The Bertz CT molecular complexity index is 1070. The van der Waals surface area contributed by atoms with Crippen molar-refractivity contribution < 1.29 is 26.3 Å². The second-order valence-corrected chi connectivity index (χ2v) is 7.32. The standard InChI is InChI=1S/C23H16BF6N/c25-22(26,27)18-12-19(23(28,29)30)14-20(13-18)24-11-10-17-8-4-5-9-21(17)31(24)15-16-6-2-1-3-7-16/h1-14H,15H2. The molecule has 3 aromatic carbocycles. The first-order chi connectivity index (χ1) is 14.6. The molecular weight excluding hydrogens is 415 g/mol. The number of fused-ring (bicyclic) bond motifs is 1. The highest BCUT2D eigenvalue weighted by Gasteiger charge is 2.39. The molecule has 1 aliphatic heterocycles. The van der Waals surface area contributed by atoms with E-state index >= 15 is 0 Å². The van der Waals surface area contributed by atoms with Crippen molar-refractivity contribution in [3.63, 3.8) is 0 Å². The third kappa shape index (κ3) is 4.48. The average Bonchev–Trinajstić information content (AvgIpc) is 2.73. The summed E-state index contributed by atoms with van der Waals surface area (Å²) < 4.78 is 80.3. The molecular formula is C23H16BF6N. The quantitative estimate of drug-likeness (QED) is 0.353. The van der Waals surface area contributed by atoms with Crippen LogP contribution in [-0.4, -0.2) is 6.85 Å². The number of para-hydroxylation sites is 1. The van der Waals surface area contributed by atoms with Gasteiger partial charge in [0.1, 0.15) is 0 Å². The van der Waals surface area contributed by atoms with Gasteiger partial charge in [0.15, 0.2) is 0 Å². The Morgan fingerprint density at radius 1 is 0.710 bits per heavy atom.